The Balaban J connectivity index is 0.000000511. The summed E-state index contributed by atoms with van der Waals surface area (Å²) in [5.41, 5.74) is 2.55. The molecule has 0 heterocycles. The summed E-state index contributed by atoms with van der Waals surface area (Å²) in [5.74, 6) is 0. The molecule has 0 radical (unpaired) electrons. The average Bonchev–Trinajstić information content (AvgIpc) is 2.32. The third-order valence-corrected chi connectivity index (χ3v) is 1.88. The van der Waals surface area contributed by atoms with E-state index in [1.807, 2.05) is 12.1 Å². The van der Waals surface area contributed by atoms with Crippen molar-refractivity contribution in [1.82, 2.24) is 0 Å². The first kappa shape index (κ1) is 15.4. The Bertz CT molecular complexity index is 322. The van der Waals surface area contributed by atoms with Crippen molar-refractivity contribution in [2.24, 2.45) is 0 Å². The predicted molar refractivity (Wildman–Crippen MR) is 72.0 cm³/mol. The molecule has 0 N–H and O–H groups in total. The van der Waals surface area contributed by atoms with Gasteiger partial charge in [0.15, 0.2) is 0 Å². The predicted octanol–water partition coefficient (Wildman–Crippen LogP) is 2.97. The summed E-state index contributed by atoms with van der Waals surface area (Å²) >= 11 is 0. The van der Waals surface area contributed by atoms with Crippen LogP contribution < -0.4 is 0 Å². The maximum atomic E-state index is 4.25. The molecule has 1 nitrogen and oxygen atoms in total. The Morgan fingerprint density at radius 1 is 0.625 bits per heavy atom. The second kappa shape index (κ2) is 9.61. The standard InChI is InChI=1S/C12H10.C2H6O.Na.H/c1-3-7-11(8-4-1)12-9-5-2-6-10-12;1-3-2;;/h1-10H;1-2H3;;. The molecule has 0 saturated heterocycles. The van der Waals surface area contributed by atoms with Crippen molar-refractivity contribution in [2.45, 2.75) is 0 Å². The van der Waals surface area contributed by atoms with Gasteiger partial charge in [0, 0.05) is 14.2 Å². The van der Waals surface area contributed by atoms with E-state index in [4.69, 9.17) is 0 Å². The fraction of sp³-hybridized carbons (Fsp3) is 0.143. The van der Waals surface area contributed by atoms with Crippen molar-refractivity contribution in [3.63, 3.8) is 0 Å². The van der Waals surface area contributed by atoms with Gasteiger partial charge in [0.25, 0.3) is 0 Å². The van der Waals surface area contributed by atoms with Gasteiger partial charge in [-0.15, -0.1) is 0 Å². The van der Waals surface area contributed by atoms with Gasteiger partial charge in [-0.05, 0) is 11.1 Å². The number of methoxy groups -OCH3 is 1. The molecular formula is C14H17NaO. The Kier molecular flexibility index (Phi) is 9.25. The van der Waals surface area contributed by atoms with E-state index < -0.39 is 0 Å². The molecule has 2 aromatic carbocycles. The van der Waals surface area contributed by atoms with Crippen LogP contribution in [0.15, 0.2) is 60.7 Å². The molecule has 2 heteroatoms. The molecule has 0 aliphatic carbocycles. The van der Waals surface area contributed by atoms with Crippen LogP contribution in [0.3, 0.4) is 0 Å². The second-order valence-corrected chi connectivity index (χ2v) is 3.14. The zero-order valence-electron chi connectivity index (χ0n) is 9.18. The van der Waals surface area contributed by atoms with Gasteiger partial charge in [-0.1, -0.05) is 60.7 Å². The van der Waals surface area contributed by atoms with Crippen LogP contribution in [-0.4, -0.2) is 43.8 Å². The topological polar surface area (TPSA) is 9.23 Å². The minimum Gasteiger partial charge on any atom is -0.0622 e. The molecule has 0 fully saturated rings. The summed E-state index contributed by atoms with van der Waals surface area (Å²) in [6, 6.07) is 20.8. The first-order valence-corrected chi connectivity index (χ1v) is 4.89. The molecule has 0 aliphatic heterocycles. The van der Waals surface area contributed by atoms with E-state index in [1.54, 1.807) is 14.2 Å². The van der Waals surface area contributed by atoms with Gasteiger partial charge in [-0.2, -0.15) is 0 Å². The molecular weight excluding hydrogens is 207 g/mol. The van der Waals surface area contributed by atoms with Gasteiger partial charge < -0.3 is 4.74 Å². The van der Waals surface area contributed by atoms with E-state index in [0.29, 0.717) is 0 Å². The average molecular weight is 224 g/mol. The van der Waals surface area contributed by atoms with E-state index in [9.17, 15) is 0 Å². The van der Waals surface area contributed by atoms with Gasteiger partial charge in [0.1, 0.15) is 0 Å². The molecule has 0 amide bonds. The zero-order chi connectivity index (χ0) is 10.9. The molecule has 0 aromatic heterocycles. The minimum atomic E-state index is 0. The number of hydrogen-bond acceptors (Lipinski definition) is 1. The van der Waals surface area contributed by atoms with E-state index >= 15 is 0 Å². The van der Waals surface area contributed by atoms with Gasteiger partial charge in [-0.25, -0.2) is 0 Å². The van der Waals surface area contributed by atoms with E-state index in [1.165, 1.54) is 11.1 Å². The van der Waals surface area contributed by atoms with Gasteiger partial charge in [0.05, 0.1) is 0 Å². The zero-order valence-corrected chi connectivity index (χ0v) is 9.18. The summed E-state index contributed by atoms with van der Waals surface area (Å²) in [4.78, 5) is 0. The van der Waals surface area contributed by atoms with E-state index in [0.717, 1.165) is 0 Å². The van der Waals surface area contributed by atoms with Crippen molar-refractivity contribution in [2.75, 3.05) is 14.2 Å². The van der Waals surface area contributed by atoms with Crippen LogP contribution in [0.25, 0.3) is 11.1 Å². The van der Waals surface area contributed by atoms with Crippen LogP contribution in [-0.2, 0) is 4.74 Å². The van der Waals surface area contributed by atoms with Crippen LogP contribution in [0.5, 0.6) is 0 Å². The van der Waals surface area contributed by atoms with Crippen LogP contribution in [0, 0.1) is 0 Å². The fourth-order valence-electron chi connectivity index (χ4n) is 1.26. The molecule has 0 spiro atoms. The first-order chi connectivity index (χ1) is 7.38. The van der Waals surface area contributed by atoms with Gasteiger partial charge >= 0.3 is 29.6 Å². The smallest absolute Gasteiger partial charge is 0.0184 e. The SMILES string of the molecule is COC.[NaH].c1ccc(-c2ccccc2)cc1. The fourth-order valence-corrected chi connectivity index (χ4v) is 1.26. The molecule has 0 aliphatic rings. The van der Waals surface area contributed by atoms with Crippen LogP contribution >= 0.6 is 0 Å². The number of ether oxygens (including phenoxy) is 1. The van der Waals surface area contributed by atoms with Crippen molar-refractivity contribution in [3.05, 3.63) is 60.7 Å². The second-order valence-electron chi connectivity index (χ2n) is 3.14. The third-order valence-electron chi connectivity index (χ3n) is 1.88. The Labute approximate surface area is 120 Å². The van der Waals surface area contributed by atoms with Gasteiger partial charge in [-0.3, -0.25) is 0 Å². The molecule has 0 atom stereocenters. The summed E-state index contributed by atoms with van der Waals surface area (Å²) in [6.45, 7) is 0. The Hall–Kier alpha value is -0.600. The van der Waals surface area contributed by atoms with E-state index in [2.05, 4.69) is 53.3 Å². The van der Waals surface area contributed by atoms with Crippen molar-refractivity contribution < 1.29 is 4.74 Å². The van der Waals surface area contributed by atoms with Gasteiger partial charge in [0.2, 0.25) is 0 Å². The molecule has 2 aromatic rings. The van der Waals surface area contributed by atoms with Crippen LogP contribution in [0.1, 0.15) is 0 Å². The number of hydrogen-bond donors (Lipinski definition) is 0. The van der Waals surface area contributed by atoms with Crippen molar-refractivity contribution in [3.8, 4) is 11.1 Å². The summed E-state index contributed by atoms with van der Waals surface area (Å²) < 4.78 is 4.25. The van der Waals surface area contributed by atoms with E-state index in [-0.39, 0.29) is 29.6 Å². The first-order valence-electron chi connectivity index (χ1n) is 4.89. The minimum absolute atomic E-state index is 0. The summed E-state index contributed by atoms with van der Waals surface area (Å²) in [7, 11) is 3.25. The molecule has 80 valence electrons. The molecule has 0 saturated carbocycles. The monoisotopic (exact) mass is 224 g/mol. The quantitative estimate of drug-likeness (QED) is 0.677. The molecule has 0 bridgehead atoms. The van der Waals surface area contributed by atoms with Crippen molar-refractivity contribution >= 4 is 29.6 Å². The van der Waals surface area contributed by atoms with Crippen molar-refractivity contribution in [1.29, 1.82) is 0 Å². The third kappa shape index (κ3) is 5.47. The molecule has 16 heavy (non-hydrogen) atoms. The maximum absolute atomic E-state index is 4.25. The van der Waals surface area contributed by atoms with Crippen LogP contribution in [0.4, 0.5) is 0 Å². The summed E-state index contributed by atoms with van der Waals surface area (Å²) in [6.07, 6.45) is 0. The summed E-state index contributed by atoms with van der Waals surface area (Å²) in [5, 5.41) is 0. The largest absolute Gasteiger partial charge is 0.0622 e. The maximum Gasteiger partial charge on any atom is -0.0184 e. The number of benzene rings is 2. The molecule has 2 rings (SSSR count). The normalized spacial score (nSPS) is 8.38. The molecule has 0 unspecified atom stereocenters. The Morgan fingerprint density at radius 3 is 1.12 bits per heavy atom. The Morgan fingerprint density at radius 2 is 0.875 bits per heavy atom. The van der Waals surface area contributed by atoms with Crippen LogP contribution in [0.2, 0.25) is 0 Å². The number of rotatable bonds is 1.